The van der Waals surface area contributed by atoms with Gasteiger partial charge in [0.2, 0.25) is 0 Å². The summed E-state index contributed by atoms with van der Waals surface area (Å²) < 4.78 is 7.71. The van der Waals surface area contributed by atoms with Gasteiger partial charge in [0, 0.05) is 33.8 Å². The Morgan fingerprint density at radius 3 is 2.64 bits per heavy atom. The van der Waals surface area contributed by atoms with Gasteiger partial charge in [-0.25, -0.2) is 4.99 Å². The number of halogens is 1. The van der Waals surface area contributed by atoms with Crippen LogP contribution in [0.2, 0.25) is 0 Å². The number of ether oxygens (including phenoxy) is 1. The zero-order valence-corrected chi connectivity index (χ0v) is 19.5. The Kier molecular flexibility index (Phi) is 8.68. The predicted octanol–water partition coefficient (Wildman–Crippen LogP) is 2.81. The molecule has 1 atom stereocenters. The number of hydrogen-bond acceptors (Lipinski definition) is 4. The van der Waals surface area contributed by atoms with Crippen LogP contribution in [0.5, 0.6) is 0 Å². The SMILES string of the molecule is Cc1ccc(CN(C)C(=NCc2nnc(C)n2C)NCC2CCCO2)cc1.I. The topological polar surface area (TPSA) is 67.6 Å². The van der Waals surface area contributed by atoms with E-state index in [9.17, 15) is 0 Å². The standard InChI is InChI=1S/C20H30N6O.HI/c1-15-7-9-17(10-8-15)14-25(3)20(21-12-18-6-5-11-27-18)22-13-19-24-23-16(2)26(19)4;/h7-10,18H,5-6,11-14H2,1-4H3,(H,21,22);1H. The molecule has 2 aromatic rings. The Balaban J connectivity index is 0.00000280. The van der Waals surface area contributed by atoms with Crippen molar-refractivity contribution in [3.8, 4) is 0 Å². The highest BCUT2D eigenvalue weighted by molar-refractivity contribution is 14.0. The summed E-state index contributed by atoms with van der Waals surface area (Å²) in [6.45, 7) is 6.96. The van der Waals surface area contributed by atoms with Gasteiger partial charge in [-0.15, -0.1) is 34.2 Å². The molecular weight excluding hydrogens is 467 g/mol. The van der Waals surface area contributed by atoms with E-state index >= 15 is 0 Å². The summed E-state index contributed by atoms with van der Waals surface area (Å²) in [6.07, 6.45) is 2.50. The van der Waals surface area contributed by atoms with Crippen LogP contribution in [0.25, 0.3) is 0 Å². The van der Waals surface area contributed by atoms with Crippen molar-refractivity contribution in [2.45, 2.75) is 45.9 Å². The van der Waals surface area contributed by atoms with E-state index in [0.717, 1.165) is 50.1 Å². The molecule has 0 amide bonds. The molecule has 1 saturated heterocycles. The van der Waals surface area contributed by atoms with Gasteiger partial charge in [-0.3, -0.25) is 0 Å². The van der Waals surface area contributed by atoms with Crippen LogP contribution in [0.3, 0.4) is 0 Å². The molecule has 8 heteroatoms. The zero-order chi connectivity index (χ0) is 19.2. The molecular formula is C20H31IN6O. The fourth-order valence-electron chi connectivity index (χ4n) is 3.10. The van der Waals surface area contributed by atoms with Crippen molar-refractivity contribution in [1.82, 2.24) is 25.0 Å². The highest BCUT2D eigenvalue weighted by Gasteiger charge is 2.17. The Bertz CT molecular complexity index is 768. The third kappa shape index (κ3) is 6.16. The van der Waals surface area contributed by atoms with Crippen molar-refractivity contribution >= 4 is 29.9 Å². The van der Waals surface area contributed by atoms with E-state index < -0.39 is 0 Å². The largest absolute Gasteiger partial charge is 0.376 e. The molecule has 1 aliphatic rings. The average molecular weight is 498 g/mol. The molecule has 0 aliphatic carbocycles. The fourth-order valence-corrected chi connectivity index (χ4v) is 3.10. The van der Waals surface area contributed by atoms with Crippen molar-refractivity contribution in [3.05, 3.63) is 47.0 Å². The smallest absolute Gasteiger partial charge is 0.194 e. The molecule has 1 fully saturated rings. The fraction of sp³-hybridized carbons (Fsp3) is 0.550. The van der Waals surface area contributed by atoms with Crippen molar-refractivity contribution in [2.75, 3.05) is 20.2 Å². The number of aliphatic imine (C=N–C) groups is 1. The van der Waals surface area contributed by atoms with Gasteiger partial charge in [-0.1, -0.05) is 29.8 Å². The van der Waals surface area contributed by atoms with E-state index in [1.807, 2.05) is 18.5 Å². The molecule has 154 valence electrons. The first-order valence-corrected chi connectivity index (χ1v) is 9.54. The van der Waals surface area contributed by atoms with Crippen LogP contribution in [0.1, 0.15) is 35.6 Å². The number of nitrogens with one attached hydrogen (secondary N) is 1. The summed E-state index contributed by atoms with van der Waals surface area (Å²) in [4.78, 5) is 6.94. The summed E-state index contributed by atoms with van der Waals surface area (Å²) in [5.74, 6) is 2.60. The first-order valence-electron chi connectivity index (χ1n) is 9.54. The molecule has 2 heterocycles. The third-order valence-electron chi connectivity index (χ3n) is 4.97. The Morgan fingerprint density at radius 2 is 2.04 bits per heavy atom. The predicted molar refractivity (Wildman–Crippen MR) is 122 cm³/mol. The number of guanidine groups is 1. The van der Waals surface area contributed by atoms with Gasteiger partial charge < -0.3 is 19.5 Å². The lowest BCUT2D eigenvalue weighted by atomic mass is 10.1. The second-order valence-electron chi connectivity index (χ2n) is 7.22. The first-order chi connectivity index (χ1) is 13.0. The highest BCUT2D eigenvalue weighted by atomic mass is 127. The minimum atomic E-state index is 0. The van der Waals surface area contributed by atoms with Gasteiger partial charge in [0.05, 0.1) is 6.10 Å². The monoisotopic (exact) mass is 498 g/mol. The summed E-state index contributed by atoms with van der Waals surface area (Å²) in [5, 5.41) is 11.8. The van der Waals surface area contributed by atoms with Gasteiger partial charge in [0.1, 0.15) is 12.4 Å². The number of hydrogen-bond donors (Lipinski definition) is 1. The van der Waals surface area contributed by atoms with Gasteiger partial charge in [0.25, 0.3) is 0 Å². The first kappa shape index (κ1) is 22.6. The normalized spacial score (nSPS) is 16.7. The summed E-state index contributed by atoms with van der Waals surface area (Å²) in [5.41, 5.74) is 2.52. The van der Waals surface area contributed by atoms with E-state index in [1.165, 1.54) is 11.1 Å². The van der Waals surface area contributed by atoms with Gasteiger partial charge >= 0.3 is 0 Å². The molecule has 0 bridgehead atoms. The molecule has 1 aromatic heterocycles. The lowest BCUT2D eigenvalue weighted by molar-refractivity contribution is 0.113. The quantitative estimate of drug-likeness (QED) is 0.377. The van der Waals surface area contributed by atoms with Crippen LogP contribution in [0.4, 0.5) is 0 Å². The van der Waals surface area contributed by atoms with Crippen molar-refractivity contribution < 1.29 is 4.74 Å². The highest BCUT2D eigenvalue weighted by Crippen LogP contribution is 2.11. The van der Waals surface area contributed by atoms with Gasteiger partial charge in [-0.05, 0) is 32.3 Å². The van der Waals surface area contributed by atoms with E-state index in [2.05, 4.69) is 58.7 Å². The van der Waals surface area contributed by atoms with Crippen LogP contribution >= 0.6 is 24.0 Å². The number of aryl methyl sites for hydroxylation is 2. The zero-order valence-electron chi connectivity index (χ0n) is 17.2. The maximum Gasteiger partial charge on any atom is 0.194 e. The lowest BCUT2D eigenvalue weighted by Crippen LogP contribution is -2.42. The second kappa shape index (κ2) is 10.8. The van der Waals surface area contributed by atoms with Crippen LogP contribution in [-0.4, -0.2) is 51.9 Å². The molecule has 3 rings (SSSR count). The third-order valence-corrected chi connectivity index (χ3v) is 4.97. The lowest BCUT2D eigenvalue weighted by Gasteiger charge is -2.24. The minimum Gasteiger partial charge on any atom is -0.376 e. The maximum atomic E-state index is 5.74. The Labute approximate surface area is 184 Å². The molecule has 28 heavy (non-hydrogen) atoms. The number of rotatable bonds is 6. The number of nitrogens with zero attached hydrogens (tertiary/aromatic N) is 5. The van der Waals surface area contributed by atoms with Crippen LogP contribution in [-0.2, 0) is 24.9 Å². The molecule has 1 aliphatic heterocycles. The van der Waals surface area contributed by atoms with E-state index in [1.54, 1.807) is 0 Å². The van der Waals surface area contributed by atoms with Gasteiger partial charge in [0.15, 0.2) is 11.8 Å². The summed E-state index contributed by atoms with van der Waals surface area (Å²) >= 11 is 0. The molecule has 7 nitrogen and oxygen atoms in total. The second-order valence-corrected chi connectivity index (χ2v) is 7.22. The van der Waals surface area contributed by atoms with E-state index in [-0.39, 0.29) is 30.1 Å². The molecule has 1 unspecified atom stereocenters. The van der Waals surface area contributed by atoms with E-state index in [0.29, 0.717) is 6.54 Å². The molecule has 0 spiro atoms. The minimum absolute atomic E-state index is 0. The van der Waals surface area contributed by atoms with E-state index in [4.69, 9.17) is 9.73 Å². The van der Waals surface area contributed by atoms with Crippen LogP contribution in [0.15, 0.2) is 29.3 Å². The van der Waals surface area contributed by atoms with Crippen molar-refractivity contribution in [3.63, 3.8) is 0 Å². The van der Waals surface area contributed by atoms with Crippen molar-refractivity contribution in [2.24, 2.45) is 12.0 Å². The average Bonchev–Trinajstić information content (AvgIpc) is 3.28. The van der Waals surface area contributed by atoms with Crippen LogP contribution < -0.4 is 5.32 Å². The van der Waals surface area contributed by atoms with Gasteiger partial charge in [-0.2, -0.15) is 0 Å². The Hall–Kier alpha value is -1.68. The van der Waals surface area contributed by atoms with Crippen molar-refractivity contribution in [1.29, 1.82) is 0 Å². The Morgan fingerprint density at radius 1 is 1.29 bits per heavy atom. The molecule has 0 saturated carbocycles. The number of benzene rings is 1. The molecule has 0 radical (unpaired) electrons. The summed E-state index contributed by atoms with van der Waals surface area (Å²) in [6, 6.07) is 8.61. The molecule has 1 N–H and O–H groups in total. The maximum absolute atomic E-state index is 5.74. The number of aromatic nitrogens is 3. The van der Waals surface area contributed by atoms with Crippen LogP contribution in [0, 0.1) is 13.8 Å². The molecule has 1 aromatic carbocycles. The summed E-state index contributed by atoms with van der Waals surface area (Å²) in [7, 11) is 4.03.